The van der Waals surface area contributed by atoms with Gasteiger partial charge in [-0.3, -0.25) is 4.98 Å². The maximum atomic E-state index is 4.18. The van der Waals surface area contributed by atoms with Gasteiger partial charge in [0.2, 0.25) is 0 Å². The van der Waals surface area contributed by atoms with Crippen molar-refractivity contribution in [1.29, 1.82) is 0 Å². The molecule has 0 spiro atoms. The minimum absolute atomic E-state index is 0.941. The third kappa shape index (κ3) is 3.13. The van der Waals surface area contributed by atoms with E-state index in [2.05, 4.69) is 15.0 Å². The van der Waals surface area contributed by atoms with Crippen molar-refractivity contribution in [2.24, 2.45) is 0 Å². The molecule has 0 amide bonds. The van der Waals surface area contributed by atoms with E-state index in [-0.39, 0.29) is 0 Å². The smallest absolute Gasteiger partial charge is 0.115 e. The average molecular weight is 209 g/mol. The van der Waals surface area contributed by atoms with Gasteiger partial charge in [0.25, 0.3) is 0 Å². The molecule has 78 valence electrons. The molecule has 3 nitrogen and oxygen atoms in total. The van der Waals surface area contributed by atoms with Gasteiger partial charge in [0, 0.05) is 24.2 Å². The maximum absolute atomic E-state index is 4.18. The summed E-state index contributed by atoms with van der Waals surface area (Å²) >= 11 is 0. The Labute approximate surface area is 94.2 Å². The van der Waals surface area contributed by atoms with Gasteiger partial charge in [-0.1, -0.05) is 24.3 Å². The Kier molecular flexibility index (Phi) is 3.55. The molecule has 16 heavy (non-hydrogen) atoms. The molecule has 2 aromatic rings. The molecule has 0 aliphatic heterocycles. The van der Waals surface area contributed by atoms with Gasteiger partial charge in [0.05, 0.1) is 5.69 Å². The first-order chi connectivity index (χ1) is 7.95. The van der Waals surface area contributed by atoms with E-state index in [1.54, 1.807) is 18.6 Å². The first kappa shape index (κ1) is 10.2. The SMILES string of the molecule is C(/C=C/c1ccccn1)=C\c1cncnc1. The second-order valence-corrected chi connectivity index (χ2v) is 3.14. The Bertz CT molecular complexity index is 428. The van der Waals surface area contributed by atoms with E-state index < -0.39 is 0 Å². The fourth-order valence-corrected chi connectivity index (χ4v) is 1.19. The van der Waals surface area contributed by atoms with E-state index in [0.29, 0.717) is 0 Å². The summed E-state index contributed by atoms with van der Waals surface area (Å²) in [5.41, 5.74) is 1.92. The minimum Gasteiger partial charge on any atom is -0.257 e. The van der Waals surface area contributed by atoms with E-state index in [4.69, 9.17) is 0 Å². The van der Waals surface area contributed by atoms with Crippen molar-refractivity contribution in [3.63, 3.8) is 0 Å². The Morgan fingerprint density at radius 3 is 2.50 bits per heavy atom. The van der Waals surface area contributed by atoms with Crippen LogP contribution in [0.3, 0.4) is 0 Å². The number of rotatable bonds is 3. The summed E-state index contributed by atoms with van der Waals surface area (Å²) < 4.78 is 0. The van der Waals surface area contributed by atoms with Crippen LogP contribution in [0.15, 0.2) is 55.3 Å². The molecule has 0 aromatic carbocycles. The van der Waals surface area contributed by atoms with Crippen LogP contribution in [-0.2, 0) is 0 Å². The summed E-state index contributed by atoms with van der Waals surface area (Å²) in [6.45, 7) is 0. The predicted molar refractivity (Wildman–Crippen MR) is 64.3 cm³/mol. The molecule has 2 heterocycles. The van der Waals surface area contributed by atoms with E-state index in [1.807, 2.05) is 42.5 Å². The van der Waals surface area contributed by atoms with Crippen molar-refractivity contribution >= 4 is 12.2 Å². The van der Waals surface area contributed by atoms with E-state index in [0.717, 1.165) is 11.3 Å². The number of allylic oxidation sites excluding steroid dienone is 2. The van der Waals surface area contributed by atoms with Crippen LogP contribution in [0.1, 0.15) is 11.3 Å². The predicted octanol–water partition coefficient (Wildman–Crippen LogP) is 2.60. The van der Waals surface area contributed by atoms with Crippen molar-refractivity contribution in [3.8, 4) is 0 Å². The first-order valence-electron chi connectivity index (χ1n) is 4.96. The summed E-state index contributed by atoms with van der Waals surface area (Å²) in [6.07, 6.45) is 14.6. The number of nitrogens with zero attached hydrogens (tertiary/aromatic N) is 3. The normalized spacial score (nSPS) is 11.2. The number of hydrogen-bond acceptors (Lipinski definition) is 3. The molecule has 0 bridgehead atoms. The summed E-state index contributed by atoms with van der Waals surface area (Å²) in [6, 6.07) is 5.81. The second kappa shape index (κ2) is 5.56. The highest BCUT2D eigenvalue weighted by Crippen LogP contribution is 1.99. The fraction of sp³-hybridized carbons (Fsp3) is 0. The van der Waals surface area contributed by atoms with Crippen LogP contribution in [0.25, 0.3) is 12.2 Å². The quantitative estimate of drug-likeness (QED) is 0.729. The van der Waals surface area contributed by atoms with Crippen molar-refractivity contribution in [3.05, 3.63) is 66.5 Å². The van der Waals surface area contributed by atoms with Gasteiger partial charge in [-0.2, -0.15) is 0 Å². The highest BCUT2D eigenvalue weighted by Gasteiger charge is 1.83. The fourth-order valence-electron chi connectivity index (χ4n) is 1.19. The molecule has 0 radical (unpaired) electrons. The van der Waals surface area contributed by atoms with Gasteiger partial charge in [-0.25, -0.2) is 9.97 Å². The third-order valence-corrected chi connectivity index (χ3v) is 1.94. The van der Waals surface area contributed by atoms with E-state index in [1.165, 1.54) is 6.33 Å². The van der Waals surface area contributed by atoms with Crippen LogP contribution in [0.2, 0.25) is 0 Å². The van der Waals surface area contributed by atoms with Crippen LogP contribution in [0.4, 0.5) is 0 Å². The lowest BCUT2D eigenvalue weighted by atomic mass is 10.3. The average Bonchev–Trinajstić information content (AvgIpc) is 2.37. The number of pyridine rings is 1. The molecule has 3 heteroatoms. The standard InChI is InChI=1S/C13H11N3/c1(5-12-9-14-11-15-10-12)2-6-13-7-3-4-8-16-13/h1-11H/b5-1+,6-2+. The van der Waals surface area contributed by atoms with Crippen LogP contribution in [0.5, 0.6) is 0 Å². The highest BCUT2D eigenvalue weighted by molar-refractivity contribution is 5.54. The van der Waals surface area contributed by atoms with Gasteiger partial charge in [0.15, 0.2) is 0 Å². The molecule has 0 unspecified atom stereocenters. The molecular weight excluding hydrogens is 198 g/mol. The Morgan fingerprint density at radius 2 is 1.75 bits per heavy atom. The van der Waals surface area contributed by atoms with Crippen molar-refractivity contribution in [2.45, 2.75) is 0 Å². The summed E-state index contributed by atoms with van der Waals surface area (Å²) in [4.78, 5) is 12.0. The zero-order valence-electron chi connectivity index (χ0n) is 8.69. The molecule has 0 saturated carbocycles. The Balaban J connectivity index is 1.98. The lowest BCUT2D eigenvalue weighted by Gasteiger charge is -1.89. The van der Waals surface area contributed by atoms with Crippen LogP contribution in [0, 0.1) is 0 Å². The highest BCUT2D eigenvalue weighted by atomic mass is 14.8. The first-order valence-corrected chi connectivity index (χ1v) is 4.96. The zero-order valence-corrected chi connectivity index (χ0v) is 8.69. The van der Waals surface area contributed by atoms with Gasteiger partial charge in [-0.05, 0) is 18.2 Å². The van der Waals surface area contributed by atoms with Gasteiger partial charge in [0.1, 0.15) is 6.33 Å². The molecule has 0 aliphatic rings. The van der Waals surface area contributed by atoms with Crippen molar-refractivity contribution in [1.82, 2.24) is 15.0 Å². The number of hydrogen-bond donors (Lipinski definition) is 0. The molecule has 0 saturated heterocycles. The maximum Gasteiger partial charge on any atom is 0.115 e. The van der Waals surface area contributed by atoms with Crippen molar-refractivity contribution in [2.75, 3.05) is 0 Å². The van der Waals surface area contributed by atoms with Gasteiger partial charge < -0.3 is 0 Å². The Hall–Kier alpha value is -2.29. The summed E-state index contributed by atoms with van der Waals surface area (Å²) in [7, 11) is 0. The number of aromatic nitrogens is 3. The molecule has 0 fully saturated rings. The minimum atomic E-state index is 0.941. The lowest BCUT2D eigenvalue weighted by molar-refractivity contribution is 1.16. The zero-order chi connectivity index (χ0) is 11.1. The van der Waals surface area contributed by atoms with E-state index in [9.17, 15) is 0 Å². The molecule has 0 atom stereocenters. The largest absolute Gasteiger partial charge is 0.257 e. The van der Waals surface area contributed by atoms with Crippen LogP contribution < -0.4 is 0 Å². The summed E-state index contributed by atoms with van der Waals surface area (Å²) in [5, 5.41) is 0. The Morgan fingerprint density at radius 1 is 0.938 bits per heavy atom. The molecule has 2 rings (SSSR count). The van der Waals surface area contributed by atoms with Gasteiger partial charge >= 0.3 is 0 Å². The molecule has 0 aliphatic carbocycles. The summed E-state index contributed by atoms with van der Waals surface area (Å²) in [5.74, 6) is 0. The monoisotopic (exact) mass is 209 g/mol. The van der Waals surface area contributed by atoms with Crippen LogP contribution in [-0.4, -0.2) is 15.0 Å². The van der Waals surface area contributed by atoms with Crippen molar-refractivity contribution < 1.29 is 0 Å². The molecule has 0 N–H and O–H groups in total. The molecular formula is C13H11N3. The lowest BCUT2D eigenvalue weighted by Crippen LogP contribution is -1.77. The van der Waals surface area contributed by atoms with Gasteiger partial charge in [-0.15, -0.1) is 0 Å². The van der Waals surface area contributed by atoms with E-state index >= 15 is 0 Å². The molecule has 2 aromatic heterocycles. The van der Waals surface area contributed by atoms with Crippen LogP contribution >= 0.6 is 0 Å². The topological polar surface area (TPSA) is 38.7 Å². The second-order valence-electron chi connectivity index (χ2n) is 3.14. The third-order valence-electron chi connectivity index (χ3n) is 1.94.